The van der Waals surface area contributed by atoms with Gasteiger partial charge in [-0.2, -0.15) is 0 Å². The van der Waals surface area contributed by atoms with E-state index in [1.807, 2.05) is 0 Å². The average Bonchev–Trinajstić information content (AvgIpc) is 2.84. The van der Waals surface area contributed by atoms with Crippen LogP contribution >= 0.6 is 0 Å². The lowest BCUT2D eigenvalue weighted by Gasteiger charge is -2.01. The second-order valence-electron chi connectivity index (χ2n) is 4.07. The number of hydrogen-bond acceptors (Lipinski definition) is 7. The van der Waals surface area contributed by atoms with E-state index in [0.717, 1.165) is 0 Å². The highest BCUT2D eigenvalue weighted by atomic mass is 16.6. The van der Waals surface area contributed by atoms with Crippen LogP contribution < -0.4 is 11.5 Å². The highest BCUT2D eigenvalue weighted by Gasteiger charge is 2.15. The minimum absolute atomic E-state index is 0.0753. The predicted octanol–water partition coefficient (Wildman–Crippen LogP) is 1.09. The summed E-state index contributed by atoms with van der Waals surface area (Å²) >= 11 is 0. The van der Waals surface area contributed by atoms with Gasteiger partial charge in [0.1, 0.15) is 17.7 Å². The first kappa shape index (κ1) is 11.8. The fourth-order valence-corrected chi connectivity index (χ4v) is 1.84. The van der Waals surface area contributed by atoms with Crippen LogP contribution in [0.4, 0.5) is 17.2 Å². The summed E-state index contributed by atoms with van der Waals surface area (Å²) < 4.78 is 0. The van der Waals surface area contributed by atoms with Gasteiger partial charge in [0.05, 0.1) is 4.92 Å². The number of nitrogens with zero attached hydrogens (tertiary/aromatic N) is 4. The Bertz CT molecular complexity index is 827. The van der Waals surface area contributed by atoms with E-state index in [2.05, 4.69) is 19.9 Å². The minimum Gasteiger partial charge on any atom is -0.398 e. The maximum atomic E-state index is 10.8. The monoisotopic (exact) mass is 271 g/mol. The van der Waals surface area contributed by atoms with Crippen LogP contribution in [-0.4, -0.2) is 24.9 Å². The highest BCUT2D eigenvalue weighted by molar-refractivity contribution is 5.86. The number of imidazole rings is 1. The van der Waals surface area contributed by atoms with Gasteiger partial charge in [0.25, 0.3) is 5.69 Å². The van der Waals surface area contributed by atoms with Crippen LogP contribution in [0, 0.1) is 10.1 Å². The third-order valence-corrected chi connectivity index (χ3v) is 2.82. The summed E-state index contributed by atoms with van der Waals surface area (Å²) in [5.41, 5.74) is 13.1. The molecule has 0 amide bonds. The van der Waals surface area contributed by atoms with Crippen molar-refractivity contribution in [3.8, 4) is 11.4 Å². The van der Waals surface area contributed by atoms with Gasteiger partial charge in [-0.1, -0.05) is 0 Å². The van der Waals surface area contributed by atoms with E-state index in [1.54, 1.807) is 0 Å². The topological polar surface area (TPSA) is 150 Å². The average molecular weight is 271 g/mol. The number of anilines is 2. The molecule has 2 aromatic heterocycles. The Balaban J connectivity index is 2.22. The molecule has 9 nitrogen and oxygen atoms in total. The van der Waals surface area contributed by atoms with Crippen LogP contribution in [0.3, 0.4) is 0 Å². The van der Waals surface area contributed by atoms with Crippen molar-refractivity contribution in [1.82, 2.24) is 19.9 Å². The van der Waals surface area contributed by atoms with Gasteiger partial charge in [-0.05, 0) is 6.07 Å². The first-order valence-corrected chi connectivity index (χ1v) is 5.56. The van der Waals surface area contributed by atoms with Gasteiger partial charge in [0.2, 0.25) is 0 Å². The Morgan fingerprint density at radius 3 is 2.75 bits per heavy atom. The Morgan fingerprint density at radius 1 is 1.25 bits per heavy atom. The van der Waals surface area contributed by atoms with Gasteiger partial charge >= 0.3 is 0 Å². The molecule has 0 aliphatic carbocycles. The van der Waals surface area contributed by atoms with Crippen molar-refractivity contribution < 1.29 is 4.92 Å². The van der Waals surface area contributed by atoms with Crippen molar-refractivity contribution in [1.29, 1.82) is 0 Å². The zero-order valence-electron chi connectivity index (χ0n) is 10.1. The molecule has 0 bridgehead atoms. The van der Waals surface area contributed by atoms with Crippen molar-refractivity contribution >= 4 is 28.4 Å². The van der Waals surface area contributed by atoms with Crippen molar-refractivity contribution in [3.63, 3.8) is 0 Å². The minimum atomic E-state index is -0.500. The Morgan fingerprint density at radius 2 is 2.05 bits per heavy atom. The van der Waals surface area contributed by atoms with Gasteiger partial charge in [-0.3, -0.25) is 10.1 Å². The van der Waals surface area contributed by atoms with Crippen LogP contribution in [-0.2, 0) is 0 Å². The third-order valence-electron chi connectivity index (χ3n) is 2.82. The number of nitro benzene ring substituents is 1. The van der Waals surface area contributed by atoms with E-state index < -0.39 is 4.92 Å². The molecule has 100 valence electrons. The molecule has 0 fully saturated rings. The number of nitro groups is 1. The standard InChI is InChI=1S/C11H9N7O2/c12-7-2-1-5(18(19)20)3-6(7)10-16-8-9(13)14-4-15-11(8)17-10/h1-4H,12H2,(H3,13,14,15,16,17). The molecule has 0 atom stereocenters. The van der Waals surface area contributed by atoms with E-state index in [9.17, 15) is 10.1 Å². The maximum absolute atomic E-state index is 10.8. The molecular weight excluding hydrogens is 262 g/mol. The molecule has 3 rings (SSSR count). The number of H-pyrrole nitrogens is 1. The van der Waals surface area contributed by atoms with E-state index in [-0.39, 0.29) is 11.5 Å². The van der Waals surface area contributed by atoms with Gasteiger partial charge in [0.15, 0.2) is 11.5 Å². The summed E-state index contributed by atoms with van der Waals surface area (Å²) in [6, 6.07) is 4.13. The second-order valence-corrected chi connectivity index (χ2v) is 4.07. The van der Waals surface area contributed by atoms with Crippen LogP contribution in [0.1, 0.15) is 0 Å². The molecule has 3 aromatic rings. The predicted molar refractivity (Wildman–Crippen MR) is 72.6 cm³/mol. The summed E-state index contributed by atoms with van der Waals surface area (Å²) in [6.07, 6.45) is 1.29. The summed E-state index contributed by atoms with van der Waals surface area (Å²) in [7, 11) is 0. The zero-order valence-corrected chi connectivity index (χ0v) is 10.1. The van der Waals surface area contributed by atoms with Crippen molar-refractivity contribution in [2.45, 2.75) is 0 Å². The van der Waals surface area contributed by atoms with Crippen molar-refractivity contribution in [3.05, 3.63) is 34.6 Å². The Labute approximate surface area is 111 Å². The second kappa shape index (κ2) is 4.16. The number of rotatable bonds is 2. The van der Waals surface area contributed by atoms with E-state index in [0.29, 0.717) is 28.2 Å². The van der Waals surface area contributed by atoms with Crippen LogP contribution in [0.5, 0.6) is 0 Å². The first-order chi connectivity index (χ1) is 9.56. The van der Waals surface area contributed by atoms with Crippen molar-refractivity contribution in [2.75, 3.05) is 11.5 Å². The number of fused-ring (bicyclic) bond motifs is 1. The van der Waals surface area contributed by atoms with E-state index in [4.69, 9.17) is 11.5 Å². The quantitative estimate of drug-likeness (QED) is 0.358. The Hall–Kier alpha value is -3.23. The highest BCUT2D eigenvalue weighted by Crippen LogP contribution is 2.29. The number of aromatic nitrogens is 4. The third kappa shape index (κ3) is 1.77. The fraction of sp³-hybridized carbons (Fsp3) is 0. The number of nitrogens with two attached hydrogens (primary N) is 2. The maximum Gasteiger partial charge on any atom is 0.270 e. The summed E-state index contributed by atoms with van der Waals surface area (Å²) in [5, 5.41) is 10.8. The fourth-order valence-electron chi connectivity index (χ4n) is 1.84. The molecule has 0 aliphatic rings. The molecule has 2 heterocycles. The molecule has 5 N–H and O–H groups in total. The molecule has 0 aliphatic heterocycles. The zero-order chi connectivity index (χ0) is 14.3. The summed E-state index contributed by atoms with van der Waals surface area (Å²) in [5.74, 6) is 0.603. The largest absolute Gasteiger partial charge is 0.398 e. The lowest BCUT2D eigenvalue weighted by Crippen LogP contribution is -1.94. The molecule has 0 unspecified atom stereocenters. The SMILES string of the molecule is Nc1ccc([N+](=O)[O-])cc1-c1nc2ncnc(N)c2[nH]1. The number of nitrogens with one attached hydrogen (secondary N) is 1. The van der Waals surface area contributed by atoms with E-state index >= 15 is 0 Å². The molecule has 0 spiro atoms. The number of benzene rings is 1. The summed E-state index contributed by atoms with van der Waals surface area (Å²) in [6.45, 7) is 0. The van der Waals surface area contributed by atoms with Crippen LogP contribution in [0.15, 0.2) is 24.5 Å². The number of aromatic amines is 1. The normalized spacial score (nSPS) is 10.8. The molecular formula is C11H9N7O2. The number of nitrogen functional groups attached to an aromatic ring is 2. The van der Waals surface area contributed by atoms with Crippen LogP contribution in [0.2, 0.25) is 0 Å². The summed E-state index contributed by atoms with van der Waals surface area (Å²) in [4.78, 5) is 25.3. The first-order valence-electron chi connectivity index (χ1n) is 5.56. The van der Waals surface area contributed by atoms with Gasteiger partial charge in [-0.25, -0.2) is 15.0 Å². The van der Waals surface area contributed by atoms with E-state index in [1.165, 1.54) is 24.5 Å². The Kier molecular flexibility index (Phi) is 2.46. The van der Waals surface area contributed by atoms with Gasteiger partial charge < -0.3 is 16.5 Å². The molecule has 0 radical (unpaired) electrons. The van der Waals surface area contributed by atoms with Gasteiger partial charge in [-0.15, -0.1) is 0 Å². The number of hydrogen-bond donors (Lipinski definition) is 3. The molecule has 9 heteroatoms. The number of non-ortho nitro benzene ring substituents is 1. The van der Waals surface area contributed by atoms with Gasteiger partial charge in [0, 0.05) is 23.4 Å². The molecule has 20 heavy (non-hydrogen) atoms. The molecule has 1 aromatic carbocycles. The smallest absolute Gasteiger partial charge is 0.270 e. The van der Waals surface area contributed by atoms with Crippen molar-refractivity contribution in [2.24, 2.45) is 0 Å². The lowest BCUT2D eigenvalue weighted by molar-refractivity contribution is -0.384. The lowest BCUT2D eigenvalue weighted by atomic mass is 10.1. The van der Waals surface area contributed by atoms with Crippen LogP contribution in [0.25, 0.3) is 22.6 Å². The molecule has 0 saturated carbocycles. The molecule has 0 saturated heterocycles.